The van der Waals surface area contributed by atoms with Gasteiger partial charge in [-0.2, -0.15) is 0 Å². The van der Waals surface area contributed by atoms with Crippen LogP contribution < -0.4 is 0 Å². The molecule has 0 fully saturated rings. The molecule has 0 bridgehead atoms. The van der Waals surface area contributed by atoms with Crippen LogP contribution in [0.5, 0.6) is 0 Å². The summed E-state index contributed by atoms with van der Waals surface area (Å²) in [5, 5.41) is 10.5. The van der Waals surface area contributed by atoms with E-state index in [1.165, 1.54) is 23.9 Å². The fraction of sp³-hybridized carbons (Fsp3) is 0.0625. The maximum absolute atomic E-state index is 12.9. The SMILES string of the molecule is Fc1ccc(-c2nc(CSc3nnc(-c4cccs4)o3)co2)cc1. The van der Waals surface area contributed by atoms with Crippen LogP contribution >= 0.6 is 23.1 Å². The number of thioether (sulfide) groups is 1. The number of rotatable bonds is 5. The molecule has 4 aromatic rings. The molecule has 5 nitrogen and oxygen atoms in total. The molecule has 3 heterocycles. The number of hydrogen-bond acceptors (Lipinski definition) is 7. The molecule has 3 aromatic heterocycles. The van der Waals surface area contributed by atoms with Crippen LogP contribution in [-0.2, 0) is 5.75 Å². The van der Waals surface area contributed by atoms with Gasteiger partial charge in [0, 0.05) is 11.3 Å². The lowest BCUT2D eigenvalue weighted by Crippen LogP contribution is -1.83. The highest BCUT2D eigenvalue weighted by molar-refractivity contribution is 7.98. The van der Waals surface area contributed by atoms with Crippen molar-refractivity contribution in [2.75, 3.05) is 0 Å². The maximum atomic E-state index is 12.9. The van der Waals surface area contributed by atoms with E-state index < -0.39 is 0 Å². The lowest BCUT2D eigenvalue weighted by atomic mass is 10.2. The number of halogens is 1. The molecule has 8 heteroatoms. The zero-order valence-electron chi connectivity index (χ0n) is 12.2. The Morgan fingerprint density at radius 2 is 1.96 bits per heavy atom. The average molecular weight is 359 g/mol. The van der Waals surface area contributed by atoms with E-state index in [-0.39, 0.29) is 5.82 Å². The molecule has 0 amide bonds. The minimum atomic E-state index is -0.293. The van der Waals surface area contributed by atoms with Gasteiger partial charge in [0.2, 0.25) is 5.89 Å². The topological polar surface area (TPSA) is 65.0 Å². The highest BCUT2D eigenvalue weighted by Crippen LogP contribution is 2.28. The largest absolute Gasteiger partial charge is 0.444 e. The van der Waals surface area contributed by atoms with E-state index in [4.69, 9.17) is 8.83 Å². The number of aromatic nitrogens is 3. The third kappa shape index (κ3) is 3.24. The normalized spacial score (nSPS) is 11.0. The van der Waals surface area contributed by atoms with E-state index in [0.29, 0.717) is 22.8 Å². The van der Waals surface area contributed by atoms with Crippen molar-refractivity contribution in [2.24, 2.45) is 0 Å². The van der Waals surface area contributed by atoms with Crippen LogP contribution in [0.1, 0.15) is 5.69 Å². The van der Waals surface area contributed by atoms with Crippen molar-refractivity contribution in [3.8, 4) is 22.2 Å². The molecular weight excluding hydrogens is 349 g/mol. The van der Waals surface area contributed by atoms with E-state index in [9.17, 15) is 4.39 Å². The van der Waals surface area contributed by atoms with Gasteiger partial charge < -0.3 is 8.83 Å². The molecule has 0 saturated carbocycles. The lowest BCUT2D eigenvalue weighted by molar-refractivity contribution is 0.466. The second-order valence-corrected chi connectivity index (χ2v) is 6.66. The quantitative estimate of drug-likeness (QED) is 0.473. The highest BCUT2D eigenvalue weighted by Gasteiger charge is 2.12. The Morgan fingerprint density at radius 3 is 2.75 bits per heavy atom. The summed E-state index contributed by atoms with van der Waals surface area (Å²) < 4.78 is 24.0. The monoisotopic (exact) mass is 359 g/mol. The Kier molecular flexibility index (Phi) is 4.14. The van der Waals surface area contributed by atoms with E-state index in [1.807, 2.05) is 17.5 Å². The summed E-state index contributed by atoms with van der Waals surface area (Å²) in [5.41, 5.74) is 1.47. The second-order valence-electron chi connectivity index (χ2n) is 4.79. The number of nitrogens with zero attached hydrogens (tertiary/aromatic N) is 3. The summed E-state index contributed by atoms with van der Waals surface area (Å²) in [6.45, 7) is 0. The maximum Gasteiger partial charge on any atom is 0.277 e. The molecule has 4 rings (SSSR count). The van der Waals surface area contributed by atoms with Crippen LogP contribution in [-0.4, -0.2) is 15.2 Å². The Bertz CT molecular complexity index is 933. The molecule has 0 N–H and O–H groups in total. The Morgan fingerprint density at radius 1 is 1.08 bits per heavy atom. The molecule has 0 aliphatic carbocycles. The minimum absolute atomic E-state index is 0.293. The molecule has 0 aliphatic heterocycles. The minimum Gasteiger partial charge on any atom is -0.444 e. The fourth-order valence-electron chi connectivity index (χ4n) is 2.00. The summed E-state index contributed by atoms with van der Waals surface area (Å²) in [4.78, 5) is 5.32. The summed E-state index contributed by atoms with van der Waals surface area (Å²) in [6.07, 6.45) is 1.57. The van der Waals surface area contributed by atoms with Crippen molar-refractivity contribution in [1.82, 2.24) is 15.2 Å². The fourth-order valence-corrected chi connectivity index (χ4v) is 3.29. The third-order valence-corrected chi connectivity index (χ3v) is 4.83. The number of hydrogen-bond donors (Lipinski definition) is 0. The van der Waals surface area contributed by atoms with Gasteiger partial charge in [0.1, 0.15) is 12.1 Å². The molecule has 0 saturated heterocycles. The summed E-state index contributed by atoms with van der Waals surface area (Å²) in [6, 6.07) is 9.87. The zero-order valence-corrected chi connectivity index (χ0v) is 13.8. The van der Waals surface area contributed by atoms with Crippen molar-refractivity contribution in [3.63, 3.8) is 0 Å². The third-order valence-electron chi connectivity index (χ3n) is 3.12. The van der Waals surface area contributed by atoms with Crippen LogP contribution in [0.2, 0.25) is 0 Å². The first kappa shape index (κ1) is 15.1. The Hall–Kier alpha value is -2.45. The van der Waals surface area contributed by atoms with Crippen LogP contribution in [0.3, 0.4) is 0 Å². The number of oxazole rings is 1. The van der Waals surface area contributed by atoms with Gasteiger partial charge in [-0.25, -0.2) is 9.37 Å². The van der Waals surface area contributed by atoms with Crippen molar-refractivity contribution in [3.05, 3.63) is 59.6 Å². The Balaban J connectivity index is 1.42. The van der Waals surface area contributed by atoms with Gasteiger partial charge in [-0.05, 0) is 35.7 Å². The first-order valence-corrected chi connectivity index (χ1v) is 8.85. The van der Waals surface area contributed by atoms with Gasteiger partial charge >= 0.3 is 0 Å². The van der Waals surface area contributed by atoms with Crippen LogP contribution in [0.25, 0.3) is 22.2 Å². The molecule has 120 valence electrons. The van der Waals surface area contributed by atoms with Gasteiger partial charge in [-0.15, -0.1) is 21.5 Å². The van der Waals surface area contributed by atoms with Crippen LogP contribution in [0.4, 0.5) is 4.39 Å². The molecule has 0 aliphatic rings. The molecule has 1 aromatic carbocycles. The predicted molar refractivity (Wildman–Crippen MR) is 89.1 cm³/mol. The standard InChI is InChI=1S/C16H10FN3O2S2/c17-11-5-3-10(4-6-11)14-18-12(8-21-14)9-24-16-20-19-15(22-16)13-2-1-7-23-13/h1-8H,9H2. The zero-order chi connectivity index (χ0) is 16.4. The van der Waals surface area contributed by atoms with Crippen LogP contribution in [0.15, 0.2) is 62.1 Å². The predicted octanol–water partition coefficient (Wildman–Crippen LogP) is 4.88. The molecular formula is C16H10FN3O2S2. The van der Waals surface area contributed by atoms with Crippen molar-refractivity contribution in [1.29, 1.82) is 0 Å². The Labute approximate surface area is 144 Å². The molecule has 0 spiro atoms. The highest BCUT2D eigenvalue weighted by atomic mass is 32.2. The van der Waals surface area contributed by atoms with E-state index >= 15 is 0 Å². The summed E-state index contributed by atoms with van der Waals surface area (Å²) >= 11 is 2.93. The van der Waals surface area contributed by atoms with E-state index in [2.05, 4.69) is 15.2 Å². The summed E-state index contributed by atoms with van der Waals surface area (Å²) in [5.74, 6) is 1.21. The van der Waals surface area contributed by atoms with E-state index in [0.717, 1.165) is 16.1 Å². The van der Waals surface area contributed by atoms with E-state index in [1.54, 1.807) is 29.7 Å². The van der Waals surface area contributed by atoms with Crippen molar-refractivity contribution in [2.45, 2.75) is 11.0 Å². The molecule has 0 atom stereocenters. The van der Waals surface area contributed by atoms with Gasteiger partial charge in [-0.3, -0.25) is 0 Å². The van der Waals surface area contributed by atoms with Crippen molar-refractivity contribution < 1.29 is 13.2 Å². The second kappa shape index (κ2) is 6.58. The van der Waals surface area contributed by atoms with Crippen molar-refractivity contribution >= 4 is 23.1 Å². The van der Waals surface area contributed by atoms with Gasteiger partial charge in [0.15, 0.2) is 0 Å². The number of benzene rings is 1. The number of thiophene rings is 1. The average Bonchev–Trinajstić information content (AvgIpc) is 3.34. The van der Waals surface area contributed by atoms with Gasteiger partial charge in [-0.1, -0.05) is 17.8 Å². The smallest absolute Gasteiger partial charge is 0.277 e. The first-order chi connectivity index (χ1) is 11.8. The lowest BCUT2D eigenvalue weighted by Gasteiger charge is -1.94. The first-order valence-electron chi connectivity index (χ1n) is 6.98. The molecule has 24 heavy (non-hydrogen) atoms. The molecule has 0 radical (unpaired) electrons. The molecule has 0 unspecified atom stereocenters. The van der Waals surface area contributed by atoms with Crippen LogP contribution in [0, 0.1) is 5.82 Å². The van der Waals surface area contributed by atoms with Gasteiger partial charge in [0.05, 0.1) is 10.6 Å². The van der Waals surface area contributed by atoms with Gasteiger partial charge in [0.25, 0.3) is 11.1 Å². The summed E-state index contributed by atoms with van der Waals surface area (Å²) in [7, 11) is 0.